The van der Waals surface area contributed by atoms with Crippen molar-refractivity contribution in [2.75, 3.05) is 13.1 Å². The highest BCUT2D eigenvalue weighted by atomic mass is 35.5. The molecule has 2 heterocycles. The van der Waals surface area contributed by atoms with Gasteiger partial charge in [-0.05, 0) is 39.3 Å². The minimum absolute atomic E-state index is 0.241. The Labute approximate surface area is 150 Å². The van der Waals surface area contributed by atoms with Gasteiger partial charge in [0.1, 0.15) is 10.6 Å². The zero-order chi connectivity index (χ0) is 17.3. The van der Waals surface area contributed by atoms with Crippen molar-refractivity contribution >= 4 is 40.5 Å². The molecule has 3 rings (SSSR count). The van der Waals surface area contributed by atoms with Crippen LogP contribution in [0, 0.1) is 0 Å². The summed E-state index contributed by atoms with van der Waals surface area (Å²) in [7, 11) is 0. The lowest BCUT2D eigenvalue weighted by molar-refractivity contribution is 0.0295. The molecule has 7 heteroatoms. The molecule has 1 aliphatic heterocycles. The van der Waals surface area contributed by atoms with E-state index in [4.69, 9.17) is 16.3 Å². The third kappa shape index (κ3) is 4.11. The maximum Gasteiger partial charge on any atom is 0.410 e. The van der Waals surface area contributed by atoms with E-state index in [1.165, 1.54) is 0 Å². The summed E-state index contributed by atoms with van der Waals surface area (Å²) in [4.78, 5) is 22.9. The van der Waals surface area contributed by atoms with Gasteiger partial charge in [-0.15, -0.1) is 0 Å². The zero-order valence-corrected chi connectivity index (χ0v) is 15.5. The predicted octanol–water partition coefficient (Wildman–Crippen LogP) is 4.38. The summed E-state index contributed by atoms with van der Waals surface area (Å²) in [5, 5.41) is 1.37. The Balaban J connectivity index is 1.67. The number of hydrogen-bond donors (Lipinski definition) is 0. The van der Waals surface area contributed by atoms with Gasteiger partial charge in [0, 0.05) is 18.3 Å². The maximum atomic E-state index is 12.1. The number of para-hydroxylation sites is 2. The van der Waals surface area contributed by atoms with Crippen LogP contribution >= 0.6 is 23.4 Å². The van der Waals surface area contributed by atoms with Crippen LogP contribution in [0.15, 0.2) is 29.3 Å². The molecule has 128 valence electrons. The number of likely N-dealkylation sites (tertiary alicyclic amines) is 1. The molecule has 0 bridgehead atoms. The van der Waals surface area contributed by atoms with E-state index in [2.05, 4.69) is 9.97 Å². The summed E-state index contributed by atoms with van der Waals surface area (Å²) in [6.45, 7) is 6.93. The number of aromatic nitrogens is 2. The molecule has 24 heavy (non-hydrogen) atoms. The Hall–Kier alpha value is -1.53. The van der Waals surface area contributed by atoms with E-state index in [-0.39, 0.29) is 11.3 Å². The molecule has 0 saturated carbocycles. The van der Waals surface area contributed by atoms with Gasteiger partial charge in [0.2, 0.25) is 0 Å². The van der Waals surface area contributed by atoms with Crippen LogP contribution in [0.1, 0.15) is 27.2 Å². The SMILES string of the molecule is CC(C)(C)OC(=O)N1CC[C@@H](Sc2nc3ccccc3nc2Cl)C1. The first-order valence-electron chi connectivity index (χ1n) is 7.89. The van der Waals surface area contributed by atoms with Gasteiger partial charge < -0.3 is 9.64 Å². The van der Waals surface area contributed by atoms with Crippen molar-refractivity contribution in [1.82, 2.24) is 14.9 Å². The lowest BCUT2D eigenvalue weighted by atomic mass is 10.2. The van der Waals surface area contributed by atoms with Crippen molar-refractivity contribution in [3.05, 3.63) is 29.4 Å². The minimum Gasteiger partial charge on any atom is -0.444 e. The van der Waals surface area contributed by atoms with Crippen LogP contribution in [0.3, 0.4) is 0 Å². The molecule has 1 amide bonds. The van der Waals surface area contributed by atoms with Crippen LogP contribution in [0.25, 0.3) is 11.0 Å². The Morgan fingerprint density at radius 2 is 1.96 bits per heavy atom. The molecule has 1 aliphatic rings. The lowest BCUT2D eigenvalue weighted by Crippen LogP contribution is -2.35. The molecule has 1 aromatic carbocycles. The molecule has 1 atom stereocenters. The highest BCUT2D eigenvalue weighted by molar-refractivity contribution is 8.00. The van der Waals surface area contributed by atoms with Crippen molar-refractivity contribution < 1.29 is 9.53 Å². The summed E-state index contributed by atoms with van der Waals surface area (Å²) in [6, 6.07) is 7.65. The fourth-order valence-electron chi connectivity index (χ4n) is 2.51. The van der Waals surface area contributed by atoms with E-state index in [9.17, 15) is 4.79 Å². The molecule has 1 fully saturated rings. The van der Waals surface area contributed by atoms with E-state index in [1.54, 1.807) is 16.7 Å². The van der Waals surface area contributed by atoms with Crippen LogP contribution in [0.4, 0.5) is 4.79 Å². The maximum absolute atomic E-state index is 12.1. The Morgan fingerprint density at radius 1 is 1.29 bits per heavy atom. The average Bonchev–Trinajstić information content (AvgIpc) is 2.95. The van der Waals surface area contributed by atoms with Crippen LogP contribution < -0.4 is 0 Å². The normalized spacial score (nSPS) is 18.2. The second-order valence-corrected chi connectivity index (χ2v) is 8.41. The largest absolute Gasteiger partial charge is 0.444 e. The Kier molecular flexibility index (Phi) is 4.88. The topological polar surface area (TPSA) is 55.3 Å². The number of rotatable bonds is 2. The molecule has 2 aromatic rings. The molecular formula is C17H20ClN3O2S. The van der Waals surface area contributed by atoms with E-state index in [0.717, 1.165) is 17.5 Å². The molecule has 0 radical (unpaired) electrons. The van der Waals surface area contributed by atoms with Crippen LogP contribution in [0.5, 0.6) is 0 Å². The molecule has 0 aliphatic carbocycles. The zero-order valence-electron chi connectivity index (χ0n) is 14.0. The summed E-state index contributed by atoms with van der Waals surface area (Å²) in [6.07, 6.45) is 0.621. The number of benzene rings is 1. The molecule has 5 nitrogen and oxygen atoms in total. The van der Waals surface area contributed by atoms with Crippen LogP contribution in [-0.4, -0.2) is 44.9 Å². The number of halogens is 1. The number of fused-ring (bicyclic) bond motifs is 1. The molecular weight excluding hydrogens is 346 g/mol. The van der Waals surface area contributed by atoms with Crippen molar-refractivity contribution in [1.29, 1.82) is 0 Å². The molecule has 1 saturated heterocycles. The number of carbonyl (C=O) groups excluding carboxylic acids is 1. The van der Waals surface area contributed by atoms with Gasteiger partial charge >= 0.3 is 6.09 Å². The first kappa shape index (κ1) is 17.3. The van der Waals surface area contributed by atoms with E-state index in [1.807, 2.05) is 45.0 Å². The minimum atomic E-state index is -0.477. The van der Waals surface area contributed by atoms with Gasteiger partial charge in [0.05, 0.1) is 11.0 Å². The fraction of sp³-hybridized carbons (Fsp3) is 0.471. The predicted molar refractivity (Wildman–Crippen MR) is 96.6 cm³/mol. The van der Waals surface area contributed by atoms with Crippen LogP contribution in [0.2, 0.25) is 5.15 Å². The second-order valence-electron chi connectivity index (χ2n) is 6.76. The number of carbonyl (C=O) groups is 1. The van der Waals surface area contributed by atoms with E-state index < -0.39 is 5.60 Å². The second kappa shape index (κ2) is 6.76. The average molecular weight is 366 g/mol. The van der Waals surface area contributed by atoms with Gasteiger partial charge in [-0.2, -0.15) is 0 Å². The third-order valence-electron chi connectivity index (χ3n) is 3.57. The number of thioether (sulfide) groups is 1. The number of ether oxygens (including phenoxy) is 1. The highest BCUT2D eigenvalue weighted by Crippen LogP contribution is 2.33. The Morgan fingerprint density at radius 3 is 2.62 bits per heavy atom. The van der Waals surface area contributed by atoms with Crippen molar-refractivity contribution in [3.63, 3.8) is 0 Å². The molecule has 1 aromatic heterocycles. The van der Waals surface area contributed by atoms with Crippen molar-refractivity contribution in [2.24, 2.45) is 0 Å². The summed E-state index contributed by atoms with van der Waals surface area (Å²) < 4.78 is 5.43. The van der Waals surface area contributed by atoms with E-state index in [0.29, 0.717) is 23.3 Å². The molecule has 0 spiro atoms. The van der Waals surface area contributed by atoms with Crippen LogP contribution in [-0.2, 0) is 4.74 Å². The van der Waals surface area contributed by atoms with Gasteiger partial charge in [0.15, 0.2) is 5.15 Å². The summed E-state index contributed by atoms with van der Waals surface area (Å²) in [5.41, 5.74) is 1.13. The van der Waals surface area contributed by atoms with Gasteiger partial charge in [-0.3, -0.25) is 0 Å². The van der Waals surface area contributed by atoms with E-state index >= 15 is 0 Å². The monoisotopic (exact) mass is 365 g/mol. The van der Waals surface area contributed by atoms with Gasteiger partial charge in [-0.1, -0.05) is 35.5 Å². The number of nitrogens with zero attached hydrogens (tertiary/aromatic N) is 3. The smallest absolute Gasteiger partial charge is 0.410 e. The molecule has 0 N–H and O–H groups in total. The third-order valence-corrected chi connectivity index (χ3v) is 5.18. The summed E-state index contributed by atoms with van der Waals surface area (Å²) >= 11 is 7.84. The summed E-state index contributed by atoms with van der Waals surface area (Å²) in [5.74, 6) is 0. The highest BCUT2D eigenvalue weighted by Gasteiger charge is 2.31. The standard InChI is InChI=1S/C17H20ClN3O2S/c1-17(2,3)23-16(22)21-9-8-11(10-21)24-15-14(18)19-12-6-4-5-7-13(12)20-15/h4-7,11H,8-10H2,1-3H3/t11-/m1/s1. The quantitative estimate of drug-likeness (QED) is 0.790. The fourth-order valence-corrected chi connectivity index (χ4v) is 3.87. The van der Waals surface area contributed by atoms with Gasteiger partial charge in [-0.25, -0.2) is 14.8 Å². The first-order valence-corrected chi connectivity index (χ1v) is 9.14. The number of amides is 1. The van der Waals surface area contributed by atoms with Crippen molar-refractivity contribution in [3.8, 4) is 0 Å². The Bertz CT molecular complexity index is 763. The van der Waals surface area contributed by atoms with Gasteiger partial charge in [0.25, 0.3) is 0 Å². The van der Waals surface area contributed by atoms with Crippen molar-refractivity contribution in [2.45, 2.75) is 43.1 Å². The first-order chi connectivity index (χ1) is 11.3. The number of hydrogen-bond acceptors (Lipinski definition) is 5. The lowest BCUT2D eigenvalue weighted by Gasteiger charge is -2.24. The molecule has 0 unspecified atom stereocenters.